The maximum atomic E-state index is 13.1. The maximum Gasteiger partial charge on any atom is 0.472 e. The molecule has 17 nitrogen and oxygen atoms in total. The molecule has 0 aliphatic heterocycles. The summed E-state index contributed by atoms with van der Waals surface area (Å²) in [5.41, 5.74) is 0. The van der Waals surface area contributed by atoms with Crippen LogP contribution in [0.15, 0.2) is 0 Å². The lowest BCUT2D eigenvalue weighted by molar-refractivity contribution is -0.161. The molecule has 0 saturated carbocycles. The second-order valence-corrected chi connectivity index (χ2v) is 31.7. The largest absolute Gasteiger partial charge is 0.472 e. The van der Waals surface area contributed by atoms with Crippen LogP contribution >= 0.6 is 15.6 Å². The Hall–Kier alpha value is -1.94. The molecular formula is C78H152O17P2. The molecule has 97 heavy (non-hydrogen) atoms. The summed E-state index contributed by atoms with van der Waals surface area (Å²) in [4.78, 5) is 72.7. The molecule has 0 fully saturated rings. The van der Waals surface area contributed by atoms with Gasteiger partial charge < -0.3 is 33.8 Å². The number of hydrogen-bond acceptors (Lipinski definition) is 15. The first-order valence-electron chi connectivity index (χ1n) is 40.5. The molecule has 0 aliphatic carbocycles. The summed E-state index contributed by atoms with van der Waals surface area (Å²) in [6.07, 6.45) is 58.5. The molecule has 576 valence electrons. The van der Waals surface area contributed by atoms with E-state index in [1.807, 2.05) is 0 Å². The van der Waals surface area contributed by atoms with Gasteiger partial charge >= 0.3 is 39.5 Å². The van der Waals surface area contributed by atoms with Crippen LogP contribution in [0.5, 0.6) is 0 Å². The van der Waals surface area contributed by atoms with Crippen molar-refractivity contribution in [2.75, 3.05) is 39.6 Å². The van der Waals surface area contributed by atoms with Crippen LogP contribution in [-0.4, -0.2) is 96.7 Å². The highest BCUT2D eigenvalue weighted by atomic mass is 31.2. The molecule has 0 amide bonds. The minimum atomic E-state index is -4.96. The van der Waals surface area contributed by atoms with E-state index in [0.717, 1.165) is 115 Å². The number of aliphatic hydroxyl groups is 1. The Morgan fingerprint density at radius 3 is 0.784 bits per heavy atom. The highest BCUT2D eigenvalue weighted by Gasteiger charge is 2.30. The van der Waals surface area contributed by atoms with Crippen molar-refractivity contribution in [2.45, 2.75) is 426 Å². The van der Waals surface area contributed by atoms with Gasteiger partial charge in [0.05, 0.1) is 26.4 Å². The van der Waals surface area contributed by atoms with E-state index in [0.29, 0.717) is 25.7 Å². The Morgan fingerprint density at radius 2 is 0.526 bits per heavy atom. The quantitative estimate of drug-likeness (QED) is 0.0222. The minimum Gasteiger partial charge on any atom is -0.462 e. The summed E-state index contributed by atoms with van der Waals surface area (Å²) in [5.74, 6) is -0.545. The Kier molecular flexibility index (Phi) is 68.4. The van der Waals surface area contributed by atoms with Gasteiger partial charge in [-0.25, -0.2) is 9.13 Å². The van der Waals surface area contributed by atoms with E-state index in [9.17, 15) is 43.2 Å². The van der Waals surface area contributed by atoms with Crippen LogP contribution in [0.3, 0.4) is 0 Å². The van der Waals surface area contributed by atoms with Crippen LogP contribution in [0.2, 0.25) is 0 Å². The van der Waals surface area contributed by atoms with Crippen molar-refractivity contribution in [3.63, 3.8) is 0 Å². The van der Waals surface area contributed by atoms with E-state index in [4.69, 9.17) is 37.0 Å². The van der Waals surface area contributed by atoms with Gasteiger partial charge in [0.2, 0.25) is 0 Å². The van der Waals surface area contributed by atoms with Crippen molar-refractivity contribution < 1.29 is 80.2 Å². The summed E-state index contributed by atoms with van der Waals surface area (Å²) in [6, 6.07) is 0. The topological polar surface area (TPSA) is 237 Å². The third-order valence-corrected chi connectivity index (χ3v) is 20.5. The van der Waals surface area contributed by atoms with Gasteiger partial charge in [0.25, 0.3) is 0 Å². The fraction of sp³-hybridized carbons (Fsp3) is 0.949. The highest BCUT2D eigenvalue weighted by Crippen LogP contribution is 2.45. The number of aliphatic hydroxyl groups excluding tert-OH is 1. The van der Waals surface area contributed by atoms with Gasteiger partial charge in [0.15, 0.2) is 12.2 Å². The van der Waals surface area contributed by atoms with Gasteiger partial charge in [-0.05, 0) is 37.5 Å². The first kappa shape index (κ1) is 95.1. The predicted molar refractivity (Wildman–Crippen MR) is 395 cm³/mol. The Bertz CT molecular complexity index is 1870. The Labute approximate surface area is 594 Å². The normalized spacial score (nSPS) is 14.2. The molecular weight excluding hydrogens is 1270 g/mol. The summed E-state index contributed by atoms with van der Waals surface area (Å²) in [5, 5.41) is 10.6. The van der Waals surface area contributed by atoms with Crippen LogP contribution in [0, 0.1) is 11.8 Å². The van der Waals surface area contributed by atoms with Crippen molar-refractivity contribution in [2.24, 2.45) is 11.8 Å². The van der Waals surface area contributed by atoms with Crippen LogP contribution in [0.1, 0.15) is 408 Å². The van der Waals surface area contributed by atoms with Gasteiger partial charge in [0, 0.05) is 25.7 Å². The molecule has 0 heterocycles. The molecule has 0 aliphatic rings. The fourth-order valence-corrected chi connectivity index (χ4v) is 13.6. The number of phosphoric acid groups is 2. The zero-order chi connectivity index (χ0) is 71.4. The van der Waals surface area contributed by atoms with E-state index in [2.05, 4.69) is 41.5 Å². The van der Waals surface area contributed by atoms with E-state index < -0.39 is 97.5 Å². The third-order valence-electron chi connectivity index (χ3n) is 18.6. The second-order valence-electron chi connectivity index (χ2n) is 28.8. The van der Waals surface area contributed by atoms with Crippen molar-refractivity contribution in [3.8, 4) is 0 Å². The lowest BCUT2D eigenvalue weighted by atomic mass is 9.99. The van der Waals surface area contributed by atoms with Gasteiger partial charge in [-0.2, -0.15) is 0 Å². The molecule has 19 heteroatoms. The van der Waals surface area contributed by atoms with Crippen LogP contribution < -0.4 is 0 Å². The summed E-state index contributed by atoms with van der Waals surface area (Å²) < 4.78 is 68.5. The van der Waals surface area contributed by atoms with Crippen molar-refractivity contribution in [1.82, 2.24) is 0 Å². The maximum absolute atomic E-state index is 13.1. The van der Waals surface area contributed by atoms with Crippen LogP contribution in [0.4, 0.5) is 0 Å². The number of esters is 4. The van der Waals surface area contributed by atoms with Crippen LogP contribution in [0.25, 0.3) is 0 Å². The predicted octanol–water partition coefficient (Wildman–Crippen LogP) is 23.1. The smallest absolute Gasteiger partial charge is 0.462 e. The molecule has 3 unspecified atom stereocenters. The first-order valence-corrected chi connectivity index (χ1v) is 43.5. The molecule has 0 bridgehead atoms. The van der Waals surface area contributed by atoms with E-state index >= 15 is 0 Å². The lowest BCUT2D eigenvalue weighted by Crippen LogP contribution is -2.30. The van der Waals surface area contributed by atoms with Crippen molar-refractivity contribution in [1.29, 1.82) is 0 Å². The molecule has 0 aromatic heterocycles. The first-order chi connectivity index (χ1) is 46.9. The van der Waals surface area contributed by atoms with Crippen LogP contribution in [-0.2, 0) is 65.4 Å². The Morgan fingerprint density at radius 1 is 0.299 bits per heavy atom. The van der Waals surface area contributed by atoms with Gasteiger partial charge in [0.1, 0.15) is 19.3 Å². The van der Waals surface area contributed by atoms with E-state index in [1.54, 1.807) is 0 Å². The minimum absolute atomic E-state index is 0.106. The second kappa shape index (κ2) is 69.8. The number of carbonyl (C=O) groups is 4. The van der Waals surface area contributed by atoms with Gasteiger partial charge in [-0.15, -0.1) is 0 Å². The van der Waals surface area contributed by atoms with Crippen molar-refractivity contribution >= 4 is 39.5 Å². The molecule has 0 saturated heterocycles. The summed E-state index contributed by atoms with van der Waals surface area (Å²) in [7, 11) is -9.91. The number of hydrogen-bond donors (Lipinski definition) is 3. The zero-order valence-electron chi connectivity index (χ0n) is 63.4. The fourth-order valence-electron chi connectivity index (χ4n) is 12.0. The number of carbonyl (C=O) groups excluding carboxylic acids is 4. The number of rotatable bonds is 77. The lowest BCUT2D eigenvalue weighted by Gasteiger charge is -2.21. The van der Waals surface area contributed by atoms with Gasteiger partial charge in [-0.1, -0.05) is 356 Å². The molecule has 0 aromatic carbocycles. The molecule has 0 aromatic rings. The number of ether oxygens (including phenoxy) is 4. The zero-order valence-corrected chi connectivity index (χ0v) is 65.2. The highest BCUT2D eigenvalue weighted by molar-refractivity contribution is 7.47. The molecule has 0 rings (SSSR count). The molecule has 0 spiro atoms. The number of unbranched alkanes of at least 4 members (excludes halogenated alkanes) is 46. The average Bonchev–Trinajstić information content (AvgIpc) is 1.45. The van der Waals surface area contributed by atoms with Crippen molar-refractivity contribution in [3.05, 3.63) is 0 Å². The molecule has 3 N–H and O–H groups in total. The monoisotopic (exact) mass is 1420 g/mol. The summed E-state index contributed by atoms with van der Waals surface area (Å²) >= 11 is 0. The summed E-state index contributed by atoms with van der Waals surface area (Å²) in [6.45, 7) is 9.59. The van der Waals surface area contributed by atoms with E-state index in [1.165, 1.54) is 212 Å². The third kappa shape index (κ3) is 70.9. The average molecular weight is 1420 g/mol. The number of phosphoric ester groups is 2. The standard InChI is InChI=1S/C78H152O17P2/c1-7-10-12-14-16-17-18-19-20-21-22-23-24-25-26-27-28-31-38-44-50-56-62-77(82)95-74(67-89-76(81)61-55-49-43-37-32-29-30-35-41-46-52-58-70(4)5)69-93-97(86,87)91-65-72(79)64-90-96(84,85)92-68-73(66-88-75(80)60-54-48-40-15-13-11-8-2)94-78(83)63-57-51-45-39-34-33-36-42-47-53-59-71(6)9-3/h70-74,79H,7-69H2,1-6H3,(H,84,85)(H,86,87)/t71?,72-,73+,74+/m0/s1. The molecule has 0 radical (unpaired) electrons. The molecule has 6 atom stereocenters. The van der Waals surface area contributed by atoms with E-state index in [-0.39, 0.29) is 25.7 Å². The SMILES string of the molecule is CCCCCCCCCCCCCCCCCCCCCCCCC(=O)O[C@H](COC(=O)CCCCCCCCCCCCCC(C)C)COP(=O)(O)OC[C@@H](O)COP(=O)(O)OC[C@@H](COC(=O)CCCCCCCCC)OC(=O)CCCCCCCCCCCCC(C)CC. The van der Waals surface area contributed by atoms with Gasteiger partial charge in [-0.3, -0.25) is 37.3 Å². The Balaban J connectivity index is 5.16.